The van der Waals surface area contributed by atoms with Crippen molar-refractivity contribution in [1.82, 2.24) is 5.32 Å². The molecule has 1 saturated carbocycles. The minimum absolute atomic E-state index is 0.0156. The quantitative estimate of drug-likeness (QED) is 0.501. The van der Waals surface area contributed by atoms with Crippen LogP contribution in [0.3, 0.4) is 0 Å². The van der Waals surface area contributed by atoms with Gasteiger partial charge in [0.1, 0.15) is 0 Å². The number of carboxylic acid groups (broad SMARTS) is 1. The Bertz CT molecular complexity index is 287. The predicted octanol–water partition coefficient (Wildman–Crippen LogP) is -0.543. The van der Waals surface area contributed by atoms with Crippen LogP contribution in [0, 0.1) is 5.41 Å². The molecule has 6 heteroatoms. The van der Waals surface area contributed by atoms with Crippen molar-refractivity contribution in [2.45, 2.75) is 38.2 Å². The van der Waals surface area contributed by atoms with Crippen molar-refractivity contribution in [3.63, 3.8) is 0 Å². The number of nitrogens with two attached hydrogens (primary N) is 1. The number of hydrogen-bond donors (Lipinski definition) is 4. The Kier molecular flexibility index (Phi) is 4.89. The van der Waals surface area contributed by atoms with E-state index in [0.717, 1.165) is 25.7 Å². The highest BCUT2D eigenvalue weighted by molar-refractivity contribution is 5.83. The Balaban J connectivity index is 2.36. The molecule has 0 aromatic rings. The van der Waals surface area contributed by atoms with Gasteiger partial charge in [-0.15, -0.1) is 0 Å². The maximum absolute atomic E-state index is 11.9. The minimum atomic E-state index is -1.42. The fourth-order valence-electron chi connectivity index (χ4n) is 2.21. The Morgan fingerprint density at radius 2 is 1.94 bits per heavy atom. The van der Waals surface area contributed by atoms with Gasteiger partial charge in [0.25, 0.3) is 0 Å². The molecule has 1 fully saturated rings. The lowest BCUT2D eigenvalue weighted by atomic mass is 9.85. The lowest BCUT2D eigenvalue weighted by Crippen LogP contribution is -2.45. The zero-order chi connectivity index (χ0) is 12.9. The molecule has 0 aliphatic heterocycles. The fourth-order valence-corrected chi connectivity index (χ4v) is 2.21. The molecule has 1 aliphatic rings. The van der Waals surface area contributed by atoms with Crippen molar-refractivity contribution in [3.05, 3.63) is 0 Å². The van der Waals surface area contributed by atoms with Gasteiger partial charge < -0.3 is 21.3 Å². The molecule has 17 heavy (non-hydrogen) atoms. The van der Waals surface area contributed by atoms with Crippen molar-refractivity contribution in [1.29, 1.82) is 0 Å². The Morgan fingerprint density at radius 1 is 1.35 bits per heavy atom. The van der Waals surface area contributed by atoms with Crippen molar-refractivity contribution >= 4 is 11.9 Å². The summed E-state index contributed by atoms with van der Waals surface area (Å²) in [5.74, 6) is -1.39. The van der Waals surface area contributed by atoms with Crippen LogP contribution in [-0.2, 0) is 9.59 Å². The summed E-state index contributed by atoms with van der Waals surface area (Å²) in [4.78, 5) is 22.3. The minimum Gasteiger partial charge on any atom is -0.479 e. The van der Waals surface area contributed by atoms with Gasteiger partial charge in [-0.25, -0.2) is 4.79 Å². The molecule has 6 nitrogen and oxygen atoms in total. The summed E-state index contributed by atoms with van der Waals surface area (Å²) in [6.07, 6.45) is 2.17. The summed E-state index contributed by atoms with van der Waals surface area (Å²) in [7, 11) is 0. The van der Waals surface area contributed by atoms with Crippen LogP contribution in [-0.4, -0.2) is 41.3 Å². The van der Waals surface area contributed by atoms with Gasteiger partial charge in [0, 0.05) is 19.5 Å². The molecular formula is C11H20N2O4. The largest absolute Gasteiger partial charge is 0.479 e. The molecule has 1 atom stereocenters. The summed E-state index contributed by atoms with van der Waals surface area (Å²) >= 11 is 0. The third-order valence-corrected chi connectivity index (χ3v) is 3.42. The standard InChI is InChI=1S/C11H20N2O4/c12-7-11(4-1-2-5-11)10(17)13-6-3-8(14)9(15)16/h8,14H,1-7,12H2,(H,13,17)(H,15,16). The van der Waals surface area contributed by atoms with Crippen LogP contribution < -0.4 is 11.1 Å². The van der Waals surface area contributed by atoms with Crippen LogP contribution in [0.25, 0.3) is 0 Å². The number of aliphatic hydroxyl groups excluding tert-OH is 1. The van der Waals surface area contributed by atoms with Crippen LogP contribution in [0.1, 0.15) is 32.1 Å². The molecule has 0 bridgehead atoms. The zero-order valence-electron chi connectivity index (χ0n) is 9.82. The number of carbonyl (C=O) groups is 2. The maximum Gasteiger partial charge on any atom is 0.332 e. The molecular weight excluding hydrogens is 224 g/mol. The first kappa shape index (κ1) is 13.9. The van der Waals surface area contributed by atoms with Gasteiger partial charge in [0.05, 0.1) is 5.41 Å². The van der Waals surface area contributed by atoms with Gasteiger partial charge >= 0.3 is 5.97 Å². The second-order valence-electron chi connectivity index (χ2n) is 4.59. The van der Waals surface area contributed by atoms with E-state index in [1.165, 1.54) is 0 Å². The number of carboxylic acids is 1. The van der Waals surface area contributed by atoms with Gasteiger partial charge in [-0.3, -0.25) is 4.79 Å². The number of carbonyl (C=O) groups excluding carboxylic acids is 1. The smallest absolute Gasteiger partial charge is 0.332 e. The Hall–Kier alpha value is -1.14. The molecule has 0 saturated heterocycles. The summed E-state index contributed by atoms with van der Waals surface area (Å²) < 4.78 is 0. The SMILES string of the molecule is NCC1(C(=O)NCCC(O)C(=O)O)CCCC1. The first-order valence-corrected chi connectivity index (χ1v) is 5.91. The summed E-state index contributed by atoms with van der Waals surface area (Å²) in [6.45, 7) is 0.481. The van der Waals surface area contributed by atoms with E-state index in [2.05, 4.69) is 5.32 Å². The maximum atomic E-state index is 11.9. The summed E-state index contributed by atoms with van der Waals surface area (Å²) in [5.41, 5.74) is 5.17. The molecule has 0 radical (unpaired) electrons. The summed E-state index contributed by atoms with van der Waals surface area (Å²) in [5, 5.41) is 20.2. The predicted molar refractivity (Wildman–Crippen MR) is 61.2 cm³/mol. The van der Waals surface area contributed by atoms with Crippen LogP contribution in [0.4, 0.5) is 0 Å². The van der Waals surface area contributed by atoms with E-state index in [4.69, 9.17) is 15.9 Å². The van der Waals surface area contributed by atoms with Crippen LogP contribution in [0.5, 0.6) is 0 Å². The third-order valence-electron chi connectivity index (χ3n) is 3.42. The van der Waals surface area contributed by atoms with Crippen LogP contribution in [0.2, 0.25) is 0 Å². The van der Waals surface area contributed by atoms with Gasteiger partial charge in [0.2, 0.25) is 5.91 Å². The van der Waals surface area contributed by atoms with Gasteiger partial charge in [0.15, 0.2) is 6.10 Å². The van der Waals surface area contributed by atoms with Crippen LogP contribution in [0.15, 0.2) is 0 Å². The lowest BCUT2D eigenvalue weighted by Gasteiger charge is -2.25. The van der Waals surface area contributed by atoms with Crippen molar-refractivity contribution in [2.75, 3.05) is 13.1 Å². The highest BCUT2D eigenvalue weighted by Gasteiger charge is 2.39. The molecule has 0 heterocycles. The molecule has 1 amide bonds. The molecule has 1 rings (SSSR count). The number of amides is 1. The average molecular weight is 244 g/mol. The highest BCUT2D eigenvalue weighted by atomic mass is 16.4. The number of rotatable bonds is 6. The van der Waals surface area contributed by atoms with E-state index >= 15 is 0 Å². The van der Waals surface area contributed by atoms with E-state index in [9.17, 15) is 9.59 Å². The van der Waals surface area contributed by atoms with Crippen molar-refractivity contribution in [2.24, 2.45) is 11.1 Å². The van der Waals surface area contributed by atoms with Gasteiger partial charge in [-0.1, -0.05) is 12.8 Å². The van der Waals surface area contributed by atoms with E-state index in [0.29, 0.717) is 6.54 Å². The van der Waals surface area contributed by atoms with E-state index in [1.54, 1.807) is 0 Å². The number of nitrogens with one attached hydrogen (secondary N) is 1. The molecule has 5 N–H and O–H groups in total. The molecule has 0 spiro atoms. The number of aliphatic hydroxyl groups is 1. The zero-order valence-corrected chi connectivity index (χ0v) is 9.82. The molecule has 98 valence electrons. The van der Waals surface area contributed by atoms with E-state index in [1.807, 2.05) is 0 Å². The van der Waals surface area contributed by atoms with Crippen LogP contribution >= 0.6 is 0 Å². The van der Waals surface area contributed by atoms with Gasteiger partial charge in [-0.05, 0) is 12.8 Å². The third kappa shape index (κ3) is 3.41. The molecule has 1 unspecified atom stereocenters. The molecule has 0 aromatic carbocycles. The van der Waals surface area contributed by atoms with E-state index in [-0.39, 0.29) is 18.9 Å². The fraction of sp³-hybridized carbons (Fsp3) is 0.818. The normalized spacial score (nSPS) is 19.9. The number of hydrogen-bond acceptors (Lipinski definition) is 4. The Morgan fingerprint density at radius 3 is 2.41 bits per heavy atom. The van der Waals surface area contributed by atoms with Crippen molar-refractivity contribution < 1.29 is 19.8 Å². The molecule has 0 aromatic heterocycles. The summed E-state index contributed by atoms with van der Waals surface area (Å²) in [6, 6.07) is 0. The number of aliphatic carboxylic acids is 1. The first-order chi connectivity index (χ1) is 8.02. The van der Waals surface area contributed by atoms with Gasteiger partial charge in [-0.2, -0.15) is 0 Å². The second-order valence-corrected chi connectivity index (χ2v) is 4.59. The topological polar surface area (TPSA) is 113 Å². The Labute approximate surface area is 100 Å². The first-order valence-electron chi connectivity index (χ1n) is 5.91. The van der Waals surface area contributed by atoms with E-state index < -0.39 is 17.5 Å². The van der Waals surface area contributed by atoms with Crippen molar-refractivity contribution in [3.8, 4) is 0 Å². The average Bonchev–Trinajstić information content (AvgIpc) is 2.78. The second kappa shape index (κ2) is 5.97. The monoisotopic (exact) mass is 244 g/mol. The lowest BCUT2D eigenvalue weighted by molar-refractivity contribution is -0.147. The highest BCUT2D eigenvalue weighted by Crippen LogP contribution is 2.37. The molecule has 1 aliphatic carbocycles.